The number of furan rings is 3. The third kappa shape index (κ3) is 27.0. The molecule has 27 heteroatoms. The highest BCUT2D eigenvalue weighted by Crippen LogP contribution is 2.46. The van der Waals surface area contributed by atoms with Crippen LogP contribution in [0.3, 0.4) is 0 Å². The molecule has 0 spiro atoms. The number of aryl methyl sites for hydroxylation is 3. The first kappa shape index (κ1) is 102. The van der Waals surface area contributed by atoms with E-state index in [2.05, 4.69) is 63.8 Å². The Morgan fingerprint density at radius 3 is 0.698 bits per heavy atom. The molecular formula is C112H128N12O15. The van der Waals surface area contributed by atoms with Crippen LogP contribution in [0.25, 0.3) is 100 Å². The van der Waals surface area contributed by atoms with Crippen LogP contribution in [0, 0.1) is 20.8 Å². The van der Waals surface area contributed by atoms with E-state index in [-0.39, 0.29) is 83.7 Å². The number of nitrogens with one attached hydrogen (secondary N) is 12. The average molecular weight is 1880 g/mol. The summed E-state index contributed by atoms with van der Waals surface area (Å²) in [6.07, 6.45) is 16.2. The normalized spacial score (nSPS) is 14.7. The Morgan fingerprint density at radius 1 is 0.259 bits per heavy atom. The number of carbonyl (C=O) groups excluding carboxylic acids is 12. The van der Waals surface area contributed by atoms with Gasteiger partial charge in [-0.1, -0.05) is 154 Å². The SMILES string of the molecule is CNC(=O)c1c(-c2ccc(C)cc2)oc2cc3c(cc12)-c1cc(cc(C(=O)NC(C)(C)C)c1)NC(=O)CCCCC(=O)N3.CNC(=O)c1c(-c2ccc(C)cc2)oc2cc3c(cc12)-c1cc(cc(C(=O)NC(C)(C)C)c1)NC(=O)CCCCCCCCC(=O)N3.CNC(=O)c1c(-c2ccc(C)cc2)oc2cc3c(cc12)-c1cc(cc(C(=O)NC(C)(C)C)c1)NC(=O)CCCCCCCCCCC(=O)N3. The summed E-state index contributed by atoms with van der Waals surface area (Å²) < 4.78 is 19.0. The van der Waals surface area contributed by atoms with E-state index in [1.54, 1.807) is 100 Å². The number of carbonyl (C=O) groups is 12. The number of anilines is 6. The maximum Gasteiger partial charge on any atom is 0.255 e. The zero-order chi connectivity index (χ0) is 99.7. The summed E-state index contributed by atoms with van der Waals surface area (Å²) >= 11 is 0. The van der Waals surface area contributed by atoms with Crippen LogP contribution in [0.15, 0.2) is 177 Å². The number of benzene rings is 9. The lowest BCUT2D eigenvalue weighted by Gasteiger charge is -2.21. The summed E-state index contributed by atoms with van der Waals surface area (Å²) in [6, 6.07) is 49.3. The lowest BCUT2D eigenvalue weighted by molar-refractivity contribution is -0.118. The number of hydrogen-bond acceptors (Lipinski definition) is 15. The number of amides is 12. The Labute approximate surface area is 811 Å². The molecule has 0 saturated heterocycles. The minimum atomic E-state index is -0.496. The second-order valence-corrected chi connectivity index (χ2v) is 39.4. The Morgan fingerprint density at radius 2 is 0.475 bits per heavy atom. The van der Waals surface area contributed by atoms with Crippen LogP contribution in [0.1, 0.15) is 282 Å². The number of rotatable bonds is 9. The predicted octanol–water partition coefficient (Wildman–Crippen LogP) is 23.1. The lowest BCUT2D eigenvalue weighted by atomic mass is 9.96. The van der Waals surface area contributed by atoms with Gasteiger partial charge in [0.15, 0.2) is 0 Å². The molecule has 27 nitrogen and oxygen atoms in total. The first-order valence-corrected chi connectivity index (χ1v) is 48.2. The van der Waals surface area contributed by atoms with Gasteiger partial charge in [0.25, 0.3) is 35.4 Å². The van der Waals surface area contributed by atoms with E-state index in [4.69, 9.17) is 13.3 Å². The second-order valence-electron chi connectivity index (χ2n) is 39.4. The van der Waals surface area contributed by atoms with Crippen molar-refractivity contribution in [2.75, 3.05) is 53.0 Å². The van der Waals surface area contributed by atoms with Gasteiger partial charge in [0.1, 0.15) is 34.0 Å². The predicted molar refractivity (Wildman–Crippen MR) is 551 cm³/mol. The Kier molecular flexibility index (Phi) is 32.9. The van der Waals surface area contributed by atoms with Gasteiger partial charge in [0, 0.05) is 178 Å². The third-order valence-electron chi connectivity index (χ3n) is 24.1. The Balaban J connectivity index is 0.000000176. The zero-order valence-electron chi connectivity index (χ0n) is 82.3. The van der Waals surface area contributed by atoms with E-state index in [0.29, 0.717) is 190 Å². The second kappa shape index (κ2) is 45.0. The van der Waals surface area contributed by atoms with Crippen molar-refractivity contribution in [1.82, 2.24) is 31.9 Å². The van der Waals surface area contributed by atoms with Gasteiger partial charge in [-0.15, -0.1) is 0 Å². The smallest absolute Gasteiger partial charge is 0.255 e. The molecule has 139 heavy (non-hydrogen) atoms. The fourth-order valence-corrected chi connectivity index (χ4v) is 17.2. The van der Waals surface area contributed by atoms with Gasteiger partial charge in [0.2, 0.25) is 35.4 Å². The molecule has 3 aliphatic heterocycles. The van der Waals surface area contributed by atoms with E-state index >= 15 is 0 Å². The molecule has 3 aromatic heterocycles. The molecule has 6 heterocycles. The van der Waals surface area contributed by atoms with Crippen LogP contribution >= 0.6 is 0 Å². The van der Waals surface area contributed by atoms with Crippen molar-refractivity contribution in [3.63, 3.8) is 0 Å². The highest BCUT2D eigenvalue weighted by atomic mass is 16.3. The van der Waals surface area contributed by atoms with Crippen molar-refractivity contribution in [3.05, 3.63) is 214 Å². The number of fused-ring (bicyclic) bond motifs is 15. The third-order valence-corrected chi connectivity index (χ3v) is 24.1. The lowest BCUT2D eigenvalue weighted by Crippen LogP contribution is -2.40. The maximum atomic E-state index is 13.5. The fraction of sp³-hybridized carbons (Fsp3) is 0.357. The molecule has 0 fully saturated rings. The first-order chi connectivity index (χ1) is 66.2. The van der Waals surface area contributed by atoms with Crippen LogP contribution in [0.2, 0.25) is 0 Å². The van der Waals surface area contributed by atoms with Crippen LogP contribution in [-0.4, -0.2) is 109 Å². The minimum Gasteiger partial charge on any atom is -0.455 e. The van der Waals surface area contributed by atoms with Gasteiger partial charge < -0.3 is 77.1 Å². The van der Waals surface area contributed by atoms with Crippen LogP contribution in [-0.2, 0) is 28.8 Å². The molecule has 3 aliphatic rings. The average Bonchev–Trinajstić information content (AvgIpc) is 1.62. The van der Waals surface area contributed by atoms with Crippen LogP contribution < -0.4 is 63.8 Å². The Bertz CT molecular complexity index is 6670. The van der Waals surface area contributed by atoms with Gasteiger partial charge in [-0.3, -0.25) is 57.5 Å². The van der Waals surface area contributed by atoms with Crippen LogP contribution in [0.4, 0.5) is 34.1 Å². The van der Waals surface area contributed by atoms with E-state index in [0.717, 1.165) is 123 Å². The van der Waals surface area contributed by atoms with Gasteiger partial charge in [-0.05, 0) is 211 Å². The van der Waals surface area contributed by atoms with Gasteiger partial charge in [0.05, 0.1) is 33.8 Å². The van der Waals surface area contributed by atoms with Crippen molar-refractivity contribution in [2.24, 2.45) is 0 Å². The minimum absolute atomic E-state index is 0.124. The van der Waals surface area contributed by atoms with Crippen LogP contribution in [0.5, 0.6) is 0 Å². The van der Waals surface area contributed by atoms with Crippen molar-refractivity contribution in [3.8, 4) is 67.4 Å². The first-order valence-electron chi connectivity index (χ1n) is 48.2. The molecule has 6 bridgehead atoms. The van der Waals surface area contributed by atoms with Crippen molar-refractivity contribution >= 4 is 138 Å². The molecule has 0 atom stereocenters. The molecule has 12 N–H and O–H groups in total. The van der Waals surface area contributed by atoms with E-state index in [9.17, 15) is 57.5 Å². The number of hydrogen-bond donors (Lipinski definition) is 12. The van der Waals surface area contributed by atoms with E-state index in [1.165, 1.54) is 0 Å². The monoisotopic (exact) mass is 1880 g/mol. The quantitative estimate of drug-likeness (QED) is 0.0639. The largest absolute Gasteiger partial charge is 0.455 e. The summed E-state index contributed by atoms with van der Waals surface area (Å²) in [7, 11) is 4.70. The standard InChI is InChI=1S/C40H48N4O5.C38H44N4O5.C34H36N4O5/c1-25-16-18-26(19-17-25)37-36(39(48)41-5)31-23-30-27-20-28(38(47)44-40(2,3)4)22-29(21-27)42-34(45)14-12-10-8-6-7-9-11-13-15-35(46)43-32(30)24-33(31)49-37;1-23-14-16-24(17-15-23)35-34(37(46)39-5)29-21-28-25-18-26(36(45)42-38(2,3)4)20-27(19-25)40-32(43)12-10-8-6-7-9-11-13-33(44)41-30(28)22-31(29)47-35;1-19-10-12-20(13-11-19)31-30(33(42)35-5)25-17-24-21-14-22(32(41)38-34(2,3)4)16-23(15-21)36-28(39)8-6-7-9-29(40)37-26(24)18-27(25)43-31/h16-24H,6-15H2,1-5H3,(H,41,48)(H,42,45)(H,43,46)(H,44,47);14-22H,6-13H2,1-5H3,(H,39,46)(H,40,43)(H,41,44)(H,42,45);10-18H,6-9H2,1-5H3,(H,35,42)(H,36,39)(H,37,40)(H,38,41). The van der Waals surface area contributed by atoms with Crippen molar-refractivity contribution < 1.29 is 70.8 Å². The highest BCUT2D eigenvalue weighted by molar-refractivity contribution is 6.18. The van der Waals surface area contributed by atoms with E-state index in [1.807, 2.05) is 168 Å². The molecule has 0 saturated carbocycles. The summed E-state index contributed by atoms with van der Waals surface area (Å²) in [4.78, 5) is 159. The molecule has 0 radical (unpaired) electrons. The van der Waals surface area contributed by atoms with Gasteiger partial charge >= 0.3 is 0 Å². The molecular weight excluding hydrogens is 1750 g/mol. The van der Waals surface area contributed by atoms with Gasteiger partial charge in [-0.25, -0.2) is 0 Å². The highest BCUT2D eigenvalue weighted by Gasteiger charge is 2.32. The Hall–Kier alpha value is -14.8. The topological polar surface area (TPSA) is 389 Å². The molecule has 9 aromatic carbocycles. The van der Waals surface area contributed by atoms with Crippen molar-refractivity contribution in [2.45, 2.75) is 241 Å². The fourth-order valence-electron chi connectivity index (χ4n) is 17.2. The summed E-state index contributed by atoms with van der Waals surface area (Å²) in [5.41, 5.74) is 13.7. The van der Waals surface area contributed by atoms with Crippen molar-refractivity contribution in [1.29, 1.82) is 0 Å². The maximum absolute atomic E-state index is 13.5. The molecule has 12 amide bonds. The summed E-state index contributed by atoms with van der Waals surface area (Å²) in [5.74, 6) is -1.58. The zero-order valence-corrected chi connectivity index (χ0v) is 82.3. The molecule has 726 valence electrons. The molecule has 0 aliphatic carbocycles. The molecule has 15 rings (SSSR count). The molecule has 0 unspecified atom stereocenters. The summed E-state index contributed by atoms with van der Waals surface area (Å²) in [5, 5.41) is 37.0. The van der Waals surface area contributed by atoms with Gasteiger partial charge in [-0.2, -0.15) is 0 Å². The van der Waals surface area contributed by atoms with E-state index < -0.39 is 16.6 Å². The molecule has 12 aromatic rings. The summed E-state index contributed by atoms with van der Waals surface area (Å²) in [6.45, 7) is 23.0.